The maximum atomic E-state index is 13.6. The van der Waals surface area contributed by atoms with Crippen molar-refractivity contribution in [3.63, 3.8) is 0 Å². The molecule has 2 unspecified atom stereocenters. The topological polar surface area (TPSA) is 80.0 Å². The van der Waals surface area contributed by atoms with E-state index in [9.17, 15) is 35.9 Å². The molecule has 15 heteroatoms. The highest BCUT2D eigenvalue weighted by atomic mass is 32.2. The van der Waals surface area contributed by atoms with Crippen LogP contribution in [0.25, 0.3) is 17.0 Å². The Balaban J connectivity index is 1.15. The van der Waals surface area contributed by atoms with Gasteiger partial charge in [0.05, 0.1) is 46.4 Å². The zero-order chi connectivity index (χ0) is 32.5. The van der Waals surface area contributed by atoms with Gasteiger partial charge in [-0.05, 0) is 80.4 Å². The first-order valence-electron chi connectivity index (χ1n) is 14.0. The SMILES string of the molecule is CC(C)(C)OC(=O)N1CC2CC1CN2C1=NC(=O)C(=Cc2ccc3c(cnn3Cc3ccc(C(F)(F)F)cc3C(F)(F)F)c2)S1. The second kappa shape index (κ2) is 10.8. The highest BCUT2D eigenvalue weighted by molar-refractivity contribution is 8.18. The molecule has 2 aromatic carbocycles. The summed E-state index contributed by atoms with van der Waals surface area (Å²) in [7, 11) is 0. The number of piperazine rings is 1. The van der Waals surface area contributed by atoms with Crippen molar-refractivity contribution in [2.75, 3.05) is 13.1 Å². The fourth-order valence-electron chi connectivity index (χ4n) is 5.75. The molecular formula is C30H27F6N5O3S. The average Bonchev–Trinajstić information content (AvgIpc) is 3.71. The number of thioether (sulfide) groups is 1. The molecule has 2 amide bonds. The molecule has 2 fully saturated rings. The summed E-state index contributed by atoms with van der Waals surface area (Å²) in [5.74, 6) is -0.403. The second-order valence-corrected chi connectivity index (χ2v) is 13.1. The summed E-state index contributed by atoms with van der Waals surface area (Å²) in [6, 6.07) is 6.55. The molecule has 0 aliphatic carbocycles. The van der Waals surface area contributed by atoms with Gasteiger partial charge in [-0.1, -0.05) is 12.1 Å². The van der Waals surface area contributed by atoms with E-state index in [4.69, 9.17) is 4.74 Å². The Morgan fingerprint density at radius 2 is 1.78 bits per heavy atom. The van der Waals surface area contributed by atoms with Crippen LogP contribution in [0, 0.1) is 0 Å². The van der Waals surface area contributed by atoms with Crippen molar-refractivity contribution in [1.82, 2.24) is 19.6 Å². The summed E-state index contributed by atoms with van der Waals surface area (Å²) in [5, 5.41) is 5.30. The second-order valence-electron chi connectivity index (χ2n) is 12.1. The zero-order valence-corrected chi connectivity index (χ0v) is 25.1. The lowest BCUT2D eigenvalue weighted by Crippen LogP contribution is -2.51. The molecule has 45 heavy (non-hydrogen) atoms. The number of aliphatic imine (C=N–C) groups is 1. The predicted octanol–water partition coefficient (Wildman–Crippen LogP) is 6.79. The van der Waals surface area contributed by atoms with E-state index in [0.717, 1.165) is 12.5 Å². The number of carbonyl (C=O) groups is 2. The lowest BCUT2D eigenvalue weighted by molar-refractivity contribution is -0.143. The zero-order valence-electron chi connectivity index (χ0n) is 24.2. The average molecular weight is 652 g/mol. The fraction of sp³-hybridized carbons (Fsp3) is 0.400. The molecule has 238 valence electrons. The van der Waals surface area contributed by atoms with Crippen molar-refractivity contribution in [1.29, 1.82) is 0 Å². The number of ether oxygens (including phenoxy) is 1. The van der Waals surface area contributed by atoms with Gasteiger partial charge >= 0.3 is 18.4 Å². The molecule has 6 rings (SSSR count). The van der Waals surface area contributed by atoms with Gasteiger partial charge in [-0.2, -0.15) is 36.4 Å². The number of fused-ring (bicyclic) bond motifs is 3. The number of hydrogen-bond acceptors (Lipinski definition) is 6. The van der Waals surface area contributed by atoms with Gasteiger partial charge in [-0.15, -0.1) is 0 Å². The van der Waals surface area contributed by atoms with E-state index < -0.39 is 41.5 Å². The number of amides is 2. The lowest BCUT2D eigenvalue weighted by Gasteiger charge is -2.35. The molecule has 3 aliphatic heterocycles. The highest BCUT2D eigenvalue weighted by Gasteiger charge is 2.48. The van der Waals surface area contributed by atoms with Crippen LogP contribution in [0.5, 0.6) is 0 Å². The van der Waals surface area contributed by atoms with Gasteiger partial charge in [0.1, 0.15) is 5.60 Å². The monoisotopic (exact) mass is 651 g/mol. The summed E-state index contributed by atoms with van der Waals surface area (Å²) in [6.45, 7) is 6.06. The number of hydrogen-bond donors (Lipinski definition) is 0. The molecule has 8 nitrogen and oxygen atoms in total. The van der Waals surface area contributed by atoms with Crippen molar-refractivity contribution in [3.05, 3.63) is 69.8 Å². The third kappa shape index (κ3) is 6.26. The minimum atomic E-state index is -4.99. The van der Waals surface area contributed by atoms with Crippen molar-refractivity contribution in [2.45, 2.75) is 63.8 Å². The number of rotatable bonds is 3. The number of nitrogens with zero attached hydrogens (tertiary/aromatic N) is 5. The maximum Gasteiger partial charge on any atom is 0.416 e. The Hall–Kier alpha value is -4.01. The van der Waals surface area contributed by atoms with E-state index in [2.05, 4.69) is 10.1 Å². The van der Waals surface area contributed by atoms with Crippen molar-refractivity contribution in [2.24, 2.45) is 4.99 Å². The summed E-state index contributed by atoms with van der Waals surface area (Å²) < 4.78 is 86.9. The fourth-order valence-corrected chi connectivity index (χ4v) is 6.75. The summed E-state index contributed by atoms with van der Waals surface area (Å²) in [4.78, 5) is 33.8. The van der Waals surface area contributed by atoms with E-state index in [1.807, 2.05) is 25.7 Å². The third-order valence-corrected chi connectivity index (χ3v) is 8.77. The van der Waals surface area contributed by atoms with Gasteiger partial charge in [0.2, 0.25) is 0 Å². The van der Waals surface area contributed by atoms with E-state index in [1.165, 1.54) is 22.6 Å². The third-order valence-electron chi connectivity index (χ3n) is 7.75. The van der Waals surface area contributed by atoms with Crippen molar-refractivity contribution in [3.8, 4) is 0 Å². The number of halogens is 6. The van der Waals surface area contributed by atoms with Crippen LogP contribution in [0.2, 0.25) is 0 Å². The summed E-state index contributed by atoms with van der Waals surface area (Å²) >= 11 is 1.23. The normalized spacial score (nSPS) is 21.4. The Bertz CT molecular complexity index is 1760. The molecule has 0 radical (unpaired) electrons. The summed E-state index contributed by atoms with van der Waals surface area (Å²) in [5.41, 5.74) is -2.60. The van der Waals surface area contributed by atoms with Gasteiger partial charge in [0.15, 0.2) is 5.17 Å². The van der Waals surface area contributed by atoms with Gasteiger partial charge < -0.3 is 14.5 Å². The number of carbonyl (C=O) groups excluding carboxylic acids is 2. The number of alkyl halides is 6. The van der Waals surface area contributed by atoms with Crippen LogP contribution in [0.15, 0.2) is 52.5 Å². The van der Waals surface area contributed by atoms with Crippen molar-refractivity contribution < 1.29 is 40.7 Å². The molecule has 2 atom stereocenters. The highest BCUT2D eigenvalue weighted by Crippen LogP contribution is 2.40. The van der Waals surface area contributed by atoms with E-state index in [-0.39, 0.29) is 29.8 Å². The quantitative estimate of drug-likeness (QED) is 0.229. The molecule has 0 spiro atoms. The van der Waals surface area contributed by atoms with Crippen LogP contribution in [-0.2, 0) is 28.4 Å². The molecule has 3 aliphatic rings. The first kappa shape index (κ1) is 31.0. The van der Waals surface area contributed by atoms with Crippen LogP contribution in [0.3, 0.4) is 0 Å². The van der Waals surface area contributed by atoms with E-state index >= 15 is 0 Å². The number of benzene rings is 2. The molecular weight excluding hydrogens is 624 g/mol. The van der Waals surface area contributed by atoms with Gasteiger partial charge in [0.25, 0.3) is 5.91 Å². The largest absolute Gasteiger partial charge is 0.444 e. The van der Waals surface area contributed by atoms with Crippen LogP contribution >= 0.6 is 11.8 Å². The molecule has 2 saturated heterocycles. The van der Waals surface area contributed by atoms with Crippen LogP contribution in [0.1, 0.15) is 49.4 Å². The first-order chi connectivity index (χ1) is 21.0. The minimum absolute atomic E-state index is 0.0191. The van der Waals surface area contributed by atoms with Crippen LogP contribution < -0.4 is 0 Å². The Labute approximate surface area is 257 Å². The molecule has 4 heterocycles. The smallest absolute Gasteiger partial charge is 0.416 e. The maximum absolute atomic E-state index is 13.6. The van der Waals surface area contributed by atoms with Crippen LogP contribution in [-0.4, -0.2) is 67.5 Å². The number of amidine groups is 1. The molecule has 0 saturated carbocycles. The van der Waals surface area contributed by atoms with Crippen molar-refractivity contribution >= 4 is 45.9 Å². The van der Waals surface area contributed by atoms with Crippen LogP contribution in [0.4, 0.5) is 31.1 Å². The van der Waals surface area contributed by atoms with E-state index in [0.29, 0.717) is 45.7 Å². The first-order valence-corrected chi connectivity index (χ1v) is 14.8. The Morgan fingerprint density at radius 3 is 2.42 bits per heavy atom. The summed E-state index contributed by atoms with van der Waals surface area (Å²) in [6.07, 6.45) is -6.40. The van der Waals surface area contributed by atoms with Gasteiger partial charge in [-0.25, -0.2) is 4.79 Å². The van der Waals surface area contributed by atoms with Gasteiger partial charge in [0, 0.05) is 18.5 Å². The van der Waals surface area contributed by atoms with Gasteiger partial charge in [-0.3, -0.25) is 9.48 Å². The standard InChI is InChI=1S/C30H27F6N5O3S/c1-28(2,3)44-27(43)40-15-20-11-21(40)14-39(20)26-38-25(42)24(45-26)9-16-4-7-23-18(8-16)12-37-41(23)13-17-5-6-19(29(31,32)33)10-22(17)30(34,35)36/h4-10,12,20-21H,11,13-15H2,1-3H3. The Morgan fingerprint density at radius 1 is 1.02 bits per heavy atom. The number of likely N-dealkylation sites (tertiary alicyclic amines) is 2. The lowest BCUT2D eigenvalue weighted by atomic mass is 10.0. The minimum Gasteiger partial charge on any atom is -0.444 e. The Kier molecular flexibility index (Phi) is 7.45. The predicted molar refractivity (Wildman–Crippen MR) is 155 cm³/mol. The molecule has 2 bridgehead atoms. The number of aromatic nitrogens is 2. The molecule has 0 N–H and O–H groups in total. The molecule has 1 aromatic heterocycles. The molecule has 3 aromatic rings. The van der Waals surface area contributed by atoms with E-state index in [1.54, 1.807) is 29.2 Å².